The van der Waals surface area contributed by atoms with Gasteiger partial charge in [0.15, 0.2) is 0 Å². The van der Waals surface area contributed by atoms with Crippen LogP contribution in [0.2, 0.25) is 0 Å². The van der Waals surface area contributed by atoms with Gasteiger partial charge in [0.25, 0.3) is 0 Å². The first kappa shape index (κ1) is 15.9. The third-order valence-corrected chi connectivity index (χ3v) is 4.65. The number of halogens is 2. The Morgan fingerprint density at radius 2 is 2.00 bits per heavy atom. The van der Waals surface area contributed by atoms with Crippen LogP contribution in [-0.2, 0) is 6.54 Å². The van der Waals surface area contributed by atoms with Gasteiger partial charge in [0, 0.05) is 28.7 Å². The lowest BCUT2D eigenvalue weighted by Gasteiger charge is -2.36. The van der Waals surface area contributed by atoms with Crippen LogP contribution in [0, 0.1) is 5.82 Å². The van der Waals surface area contributed by atoms with Crippen molar-refractivity contribution in [1.82, 2.24) is 4.90 Å². The zero-order valence-electron chi connectivity index (χ0n) is 12.1. The molecule has 0 atom stereocenters. The quantitative estimate of drug-likeness (QED) is 0.873. The van der Waals surface area contributed by atoms with E-state index < -0.39 is 0 Å². The Kier molecular flexibility index (Phi) is 6.00. The van der Waals surface area contributed by atoms with E-state index in [1.165, 1.54) is 0 Å². The van der Waals surface area contributed by atoms with Crippen LogP contribution in [-0.4, -0.2) is 23.5 Å². The lowest BCUT2D eigenvalue weighted by atomic mass is 9.90. The molecule has 20 heavy (non-hydrogen) atoms. The van der Waals surface area contributed by atoms with E-state index in [2.05, 4.69) is 27.8 Å². The molecule has 112 valence electrons. The first-order valence-corrected chi connectivity index (χ1v) is 8.33. The molecule has 1 aliphatic carbocycles. The highest BCUT2D eigenvalue weighted by Crippen LogP contribution is 2.25. The van der Waals surface area contributed by atoms with Crippen molar-refractivity contribution in [3.63, 3.8) is 0 Å². The van der Waals surface area contributed by atoms with Gasteiger partial charge in [-0.05, 0) is 50.8 Å². The predicted octanol–water partition coefficient (Wildman–Crippen LogP) is 4.07. The number of rotatable bonds is 5. The van der Waals surface area contributed by atoms with Gasteiger partial charge in [-0.25, -0.2) is 4.39 Å². The topological polar surface area (TPSA) is 29.3 Å². The molecule has 0 aliphatic heterocycles. The van der Waals surface area contributed by atoms with Gasteiger partial charge in [0.05, 0.1) is 0 Å². The third kappa shape index (κ3) is 4.27. The maximum Gasteiger partial charge on any atom is 0.128 e. The first-order chi connectivity index (χ1) is 9.60. The van der Waals surface area contributed by atoms with E-state index in [0.29, 0.717) is 18.6 Å². The molecule has 4 heteroatoms. The molecule has 1 saturated carbocycles. The van der Waals surface area contributed by atoms with Gasteiger partial charge in [0.1, 0.15) is 5.82 Å². The standard InChI is InChI=1S/C16H24BrFN2/c1-2-9-20(15-7-5-14(19)6-8-15)11-12-3-4-13(17)10-16(12)18/h3-4,10,14-15H,2,5-9,11,19H2,1H3. The van der Waals surface area contributed by atoms with Crippen LogP contribution >= 0.6 is 15.9 Å². The summed E-state index contributed by atoms with van der Waals surface area (Å²) in [5.74, 6) is -0.118. The van der Waals surface area contributed by atoms with Crippen molar-refractivity contribution in [3.05, 3.63) is 34.1 Å². The molecular weight excluding hydrogens is 319 g/mol. The van der Waals surface area contributed by atoms with Crippen LogP contribution in [0.4, 0.5) is 4.39 Å². The van der Waals surface area contributed by atoms with Crippen molar-refractivity contribution in [2.45, 2.75) is 57.7 Å². The molecular formula is C16H24BrFN2. The van der Waals surface area contributed by atoms with Gasteiger partial charge >= 0.3 is 0 Å². The summed E-state index contributed by atoms with van der Waals surface area (Å²) >= 11 is 3.31. The maximum absolute atomic E-state index is 14.0. The van der Waals surface area contributed by atoms with Crippen LogP contribution in [0.25, 0.3) is 0 Å². The van der Waals surface area contributed by atoms with Gasteiger partial charge < -0.3 is 5.73 Å². The second-order valence-electron chi connectivity index (χ2n) is 5.77. The lowest BCUT2D eigenvalue weighted by molar-refractivity contribution is 0.140. The molecule has 0 radical (unpaired) electrons. The van der Waals surface area contributed by atoms with Gasteiger partial charge in [0.2, 0.25) is 0 Å². The number of hydrogen-bond acceptors (Lipinski definition) is 2. The smallest absolute Gasteiger partial charge is 0.128 e. The highest BCUT2D eigenvalue weighted by Gasteiger charge is 2.24. The molecule has 1 fully saturated rings. The second kappa shape index (κ2) is 7.53. The Morgan fingerprint density at radius 1 is 1.30 bits per heavy atom. The van der Waals surface area contributed by atoms with E-state index in [4.69, 9.17) is 5.73 Å². The summed E-state index contributed by atoms with van der Waals surface area (Å²) in [5.41, 5.74) is 6.77. The molecule has 0 amide bonds. The molecule has 0 saturated heterocycles. The summed E-state index contributed by atoms with van der Waals surface area (Å²) in [6.07, 6.45) is 5.56. The number of hydrogen-bond donors (Lipinski definition) is 1. The molecule has 1 aromatic carbocycles. The zero-order valence-corrected chi connectivity index (χ0v) is 13.7. The predicted molar refractivity (Wildman–Crippen MR) is 85.0 cm³/mol. The summed E-state index contributed by atoms with van der Waals surface area (Å²) in [7, 11) is 0. The van der Waals surface area contributed by atoms with Crippen LogP contribution in [0.1, 0.15) is 44.6 Å². The first-order valence-electron chi connectivity index (χ1n) is 7.53. The fourth-order valence-electron chi connectivity index (χ4n) is 3.01. The van der Waals surface area contributed by atoms with Crippen LogP contribution in [0.15, 0.2) is 22.7 Å². The summed E-state index contributed by atoms with van der Waals surface area (Å²) in [4.78, 5) is 2.43. The Balaban J connectivity index is 2.04. The average molecular weight is 343 g/mol. The van der Waals surface area contributed by atoms with E-state index in [1.807, 2.05) is 12.1 Å². The van der Waals surface area contributed by atoms with Crippen molar-refractivity contribution in [2.75, 3.05) is 6.54 Å². The van der Waals surface area contributed by atoms with Crippen LogP contribution in [0.5, 0.6) is 0 Å². The molecule has 0 spiro atoms. The Morgan fingerprint density at radius 3 is 2.60 bits per heavy atom. The Hall–Kier alpha value is -0.450. The Bertz CT molecular complexity index is 430. The number of benzene rings is 1. The van der Waals surface area contributed by atoms with E-state index in [9.17, 15) is 4.39 Å². The number of nitrogens with zero attached hydrogens (tertiary/aromatic N) is 1. The SMILES string of the molecule is CCCN(Cc1ccc(Br)cc1F)C1CCC(N)CC1. The molecule has 2 nitrogen and oxygen atoms in total. The maximum atomic E-state index is 14.0. The highest BCUT2D eigenvalue weighted by molar-refractivity contribution is 9.10. The van der Waals surface area contributed by atoms with Crippen molar-refractivity contribution in [3.8, 4) is 0 Å². The molecule has 1 aliphatic rings. The zero-order chi connectivity index (χ0) is 14.5. The minimum absolute atomic E-state index is 0.118. The molecule has 2 rings (SSSR count). The third-order valence-electron chi connectivity index (χ3n) is 4.16. The van der Waals surface area contributed by atoms with Gasteiger partial charge in [-0.1, -0.05) is 28.9 Å². The fourth-order valence-corrected chi connectivity index (χ4v) is 3.35. The van der Waals surface area contributed by atoms with Crippen molar-refractivity contribution >= 4 is 15.9 Å². The largest absolute Gasteiger partial charge is 0.328 e. The molecule has 0 bridgehead atoms. The summed E-state index contributed by atoms with van der Waals surface area (Å²) in [6, 6.07) is 6.27. The molecule has 0 aromatic heterocycles. The summed E-state index contributed by atoms with van der Waals surface area (Å²) < 4.78 is 14.8. The van der Waals surface area contributed by atoms with Crippen molar-refractivity contribution in [2.24, 2.45) is 5.73 Å². The number of nitrogens with two attached hydrogens (primary N) is 1. The molecule has 0 unspecified atom stereocenters. The second-order valence-corrected chi connectivity index (χ2v) is 6.69. The minimum Gasteiger partial charge on any atom is -0.328 e. The van der Waals surface area contributed by atoms with Crippen molar-refractivity contribution in [1.29, 1.82) is 0 Å². The highest BCUT2D eigenvalue weighted by atomic mass is 79.9. The average Bonchev–Trinajstić information content (AvgIpc) is 2.42. The van der Waals surface area contributed by atoms with E-state index in [0.717, 1.165) is 48.7 Å². The van der Waals surface area contributed by atoms with Crippen LogP contribution < -0.4 is 5.73 Å². The van der Waals surface area contributed by atoms with Crippen molar-refractivity contribution < 1.29 is 4.39 Å². The van der Waals surface area contributed by atoms with E-state index >= 15 is 0 Å². The molecule has 1 aromatic rings. The molecule has 2 N–H and O–H groups in total. The van der Waals surface area contributed by atoms with Gasteiger partial charge in [-0.3, -0.25) is 4.90 Å². The van der Waals surface area contributed by atoms with Gasteiger partial charge in [-0.2, -0.15) is 0 Å². The fraction of sp³-hybridized carbons (Fsp3) is 0.625. The lowest BCUT2D eigenvalue weighted by Crippen LogP contribution is -2.41. The normalized spacial score (nSPS) is 23.2. The van der Waals surface area contributed by atoms with Crippen LogP contribution in [0.3, 0.4) is 0 Å². The van der Waals surface area contributed by atoms with E-state index in [-0.39, 0.29) is 5.82 Å². The summed E-state index contributed by atoms with van der Waals surface area (Å²) in [5, 5.41) is 0. The molecule has 0 heterocycles. The summed E-state index contributed by atoms with van der Waals surface area (Å²) in [6.45, 7) is 3.90. The monoisotopic (exact) mass is 342 g/mol. The minimum atomic E-state index is -0.118. The Labute approximate surface area is 129 Å². The van der Waals surface area contributed by atoms with E-state index in [1.54, 1.807) is 6.07 Å². The van der Waals surface area contributed by atoms with Gasteiger partial charge in [-0.15, -0.1) is 0 Å².